The standard InChI is InChI=1S/C19H26N4O4S/c1-13-6-14(2)8-15(7-13)22-18(26)12-28-19-21-9-16(11-24)23(19)10-17(25)20-4-5-27-3/h6-9,24H,4-5,10-12H2,1-3H3,(H,20,25)(H,22,26). The minimum Gasteiger partial charge on any atom is -0.390 e. The van der Waals surface area contributed by atoms with Crippen molar-refractivity contribution in [3.8, 4) is 0 Å². The Hall–Kier alpha value is -2.36. The van der Waals surface area contributed by atoms with Crippen molar-refractivity contribution in [1.82, 2.24) is 14.9 Å². The zero-order valence-electron chi connectivity index (χ0n) is 16.3. The first-order chi connectivity index (χ1) is 13.4. The minimum absolute atomic E-state index is 0.0145. The van der Waals surface area contributed by atoms with Crippen LogP contribution in [0.5, 0.6) is 0 Å². The van der Waals surface area contributed by atoms with E-state index in [9.17, 15) is 14.7 Å². The normalized spacial score (nSPS) is 10.7. The molecular formula is C19H26N4O4S. The van der Waals surface area contributed by atoms with Crippen LogP contribution in [0.1, 0.15) is 16.8 Å². The topological polar surface area (TPSA) is 105 Å². The predicted octanol–water partition coefficient (Wildman–Crippen LogP) is 1.49. The molecule has 0 radical (unpaired) electrons. The van der Waals surface area contributed by atoms with Crippen LogP contribution in [0, 0.1) is 13.8 Å². The Bertz CT molecular complexity index is 802. The largest absolute Gasteiger partial charge is 0.390 e. The van der Waals surface area contributed by atoms with Crippen molar-refractivity contribution in [3.05, 3.63) is 41.2 Å². The van der Waals surface area contributed by atoms with Gasteiger partial charge in [0, 0.05) is 19.3 Å². The minimum atomic E-state index is -0.242. The van der Waals surface area contributed by atoms with Gasteiger partial charge in [-0.05, 0) is 37.1 Å². The van der Waals surface area contributed by atoms with Crippen LogP contribution in [0.2, 0.25) is 0 Å². The molecule has 0 aliphatic heterocycles. The number of methoxy groups -OCH3 is 1. The second-order valence-electron chi connectivity index (χ2n) is 6.33. The molecular weight excluding hydrogens is 380 g/mol. The van der Waals surface area contributed by atoms with Crippen LogP contribution >= 0.6 is 11.8 Å². The van der Waals surface area contributed by atoms with E-state index in [-0.39, 0.29) is 30.7 Å². The van der Waals surface area contributed by atoms with Gasteiger partial charge in [-0.15, -0.1) is 0 Å². The second-order valence-corrected chi connectivity index (χ2v) is 7.27. The lowest BCUT2D eigenvalue weighted by Gasteiger charge is -2.11. The van der Waals surface area contributed by atoms with E-state index in [1.54, 1.807) is 11.7 Å². The summed E-state index contributed by atoms with van der Waals surface area (Å²) in [6.07, 6.45) is 1.51. The number of aromatic nitrogens is 2. The van der Waals surface area contributed by atoms with E-state index in [4.69, 9.17) is 4.74 Å². The zero-order valence-corrected chi connectivity index (χ0v) is 17.1. The average molecular weight is 407 g/mol. The average Bonchev–Trinajstić information content (AvgIpc) is 3.01. The highest BCUT2D eigenvalue weighted by molar-refractivity contribution is 7.99. The van der Waals surface area contributed by atoms with Crippen LogP contribution in [0.3, 0.4) is 0 Å². The number of aliphatic hydroxyl groups is 1. The van der Waals surface area contributed by atoms with E-state index in [1.807, 2.05) is 32.0 Å². The molecule has 3 N–H and O–H groups in total. The van der Waals surface area contributed by atoms with Gasteiger partial charge in [-0.2, -0.15) is 0 Å². The molecule has 1 aromatic heterocycles. The van der Waals surface area contributed by atoms with E-state index in [1.165, 1.54) is 18.0 Å². The molecule has 0 bridgehead atoms. The summed E-state index contributed by atoms with van der Waals surface area (Å²) in [4.78, 5) is 28.6. The van der Waals surface area contributed by atoms with Crippen molar-refractivity contribution >= 4 is 29.3 Å². The van der Waals surface area contributed by atoms with Crippen LogP contribution in [-0.2, 0) is 27.5 Å². The Morgan fingerprint density at radius 1 is 1.21 bits per heavy atom. The number of aryl methyl sites for hydroxylation is 2. The molecule has 0 fully saturated rings. The molecule has 2 aromatic rings. The first-order valence-corrected chi connectivity index (χ1v) is 9.83. The highest BCUT2D eigenvalue weighted by Gasteiger charge is 2.15. The summed E-state index contributed by atoms with van der Waals surface area (Å²) in [7, 11) is 1.56. The summed E-state index contributed by atoms with van der Waals surface area (Å²) in [5.41, 5.74) is 3.41. The molecule has 8 nitrogen and oxygen atoms in total. The number of nitrogens with zero attached hydrogens (tertiary/aromatic N) is 2. The summed E-state index contributed by atoms with van der Waals surface area (Å²) >= 11 is 1.21. The fraction of sp³-hybridized carbons (Fsp3) is 0.421. The van der Waals surface area contributed by atoms with Gasteiger partial charge in [0.25, 0.3) is 0 Å². The molecule has 152 valence electrons. The van der Waals surface area contributed by atoms with E-state index >= 15 is 0 Å². The molecule has 2 amide bonds. The number of thioether (sulfide) groups is 1. The molecule has 0 atom stereocenters. The quantitative estimate of drug-likeness (QED) is 0.408. The third kappa shape index (κ3) is 6.66. The Morgan fingerprint density at radius 2 is 1.93 bits per heavy atom. The number of amides is 2. The van der Waals surface area contributed by atoms with Gasteiger partial charge in [0.05, 0.1) is 30.9 Å². The van der Waals surface area contributed by atoms with Crippen LogP contribution in [0.25, 0.3) is 0 Å². The zero-order chi connectivity index (χ0) is 20.5. The van der Waals surface area contributed by atoms with E-state index in [2.05, 4.69) is 15.6 Å². The molecule has 0 saturated carbocycles. The van der Waals surface area contributed by atoms with Gasteiger partial charge in [0.1, 0.15) is 6.54 Å². The van der Waals surface area contributed by atoms with Gasteiger partial charge >= 0.3 is 0 Å². The lowest BCUT2D eigenvalue weighted by atomic mass is 10.1. The van der Waals surface area contributed by atoms with E-state index < -0.39 is 0 Å². The number of imidazole rings is 1. The van der Waals surface area contributed by atoms with Gasteiger partial charge in [-0.3, -0.25) is 9.59 Å². The number of aliphatic hydroxyl groups excluding tert-OH is 1. The van der Waals surface area contributed by atoms with Crippen molar-refractivity contribution in [2.75, 3.05) is 31.3 Å². The highest BCUT2D eigenvalue weighted by atomic mass is 32.2. The summed E-state index contributed by atoms with van der Waals surface area (Å²) in [6, 6.07) is 5.85. The number of hydrogen-bond acceptors (Lipinski definition) is 6. The molecule has 0 aliphatic carbocycles. The summed E-state index contributed by atoms with van der Waals surface area (Å²) in [5, 5.41) is 15.6. The third-order valence-electron chi connectivity index (χ3n) is 3.83. The molecule has 1 heterocycles. The van der Waals surface area contributed by atoms with Gasteiger partial charge in [-0.25, -0.2) is 4.98 Å². The molecule has 28 heavy (non-hydrogen) atoms. The second kappa shape index (κ2) is 10.8. The van der Waals surface area contributed by atoms with Crippen molar-refractivity contribution in [1.29, 1.82) is 0 Å². The number of ether oxygens (including phenoxy) is 1. The number of hydrogen-bond donors (Lipinski definition) is 3. The maximum atomic E-state index is 12.3. The molecule has 2 rings (SSSR count). The molecule has 0 spiro atoms. The number of carbonyl (C=O) groups excluding carboxylic acids is 2. The SMILES string of the molecule is COCCNC(=O)Cn1c(CO)cnc1SCC(=O)Nc1cc(C)cc(C)c1. The van der Waals surface area contributed by atoms with E-state index in [0.29, 0.717) is 24.0 Å². The maximum absolute atomic E-state index is 12.3. The first kappa shape index (κ1) is 21.9. The lowest BCUT2D eigenvalue weighted by Crippen LogP contribution is -2.31. The van der Waals surface area contributed by atoms with Crippen molar-refractivity contribution < 1.29 is 19.4 Å². The smallest absolute Gasteiger partial charge is 0.240 e. The number of carbonyl (C=O) groups is 2. The van der Waals surface area contributed by atoms with Crippen molar-refractivity contribution in [2.24, 2.45) is 0 Å². The van der Waals surface area contributed by atoms with Crippen molar-refractivity contribution in [2.45, 2.75) is 32.2 Å². The molecule has 0 unspecified atom stereocenters. The van der Waals surface area contributed by atoms with Crippen LogP contribution in [0.4, 0.5) is 5.69 Å². The molecule has 0 aliphatic rings. The van der Waals surface area contributed by atoms with Crippen LogP contribution in [0.15, 0.2) is 29.6 Å². The predicted molar refractivity (Wildman–Crippen MR) is 108 cm³/mol. The third-order valence-corrected chi connectivity index (χ3v) is 4.82. The van der Waals surface area contributed by atoms with E-state index in [0.717, 1.165) is 16.8 Å². The number of rotatable bonds is 10. The number of nitrogens with one attached hydrogen (secondary N) is 2. The fourth-order valence-electron chi connectivity index (χ4n) is 2.67. The molecule has 0 saturated heterocycles. The number of anilines is 1. The Morgan fingerprint density at radius 3 is 2.57 bits per heavy atom. The highest BCUT2D eigenvalue weighted by Crippen LogP contribution is 2.20. The Kier molecular flexibility index (Phi) is 8.49. The molecule has 9 heteroatoms. The first-order valence-electron chi connectivity index (χ1n) is 8.84. The summed E-state index contributed by atoms with van der Waals surface area (Å²) in [5.74, 6) is -0.244. The maximum Gasteiger partial charge on any atom is 0.240 e. The molecule has 1 aromatic carbocycles. The summed E-state index contributed by atoms with van der Waals surface area (Å²) in [6.45, 7) is 4.54. The van der Waals surface area contributed by atoms with Crippen LogP contribution < -0.4 is 10.6 Å². The Labute approximate surface area is 168 Å². The Balaban J connectivity index is 1.96. The van der Waals surface area contributed by atoms with Gasteiger partial charge in [0.15, 0.2) is 5.16 Å². The summed E-state index contributed by atoms with van der Waals surface area (Å²) < 4.78 is 6.51. The lowest BCUT2D eigenvalue weighted by molar-refractivity contribution is -0.122. The monoisotopic (exact) mass is 406 g/mol. The van der Waals surface area contributed by atoms with Crippen molar-refractivity contribution in [3.63, 3.8) is 0 Å². The van der Waals surface area contributed by atoms with Gasteiger partial charge in [-0.1, -0.05) is 17.8 Å². The fourth-order valence-corrected chi connectivity index (χ4v) is 3.47. The van der Waals surface area contributed by atoms with Gasteiger partial charge in [0.2, 0.25) is 11.8 Å². The van der Waals surface area contributed by atoms with Crippen LogP contribution in [-0.4, -0.2) is 52.5 Å². The number of benzene rings is 1. The van der Waals surface area contributed by atoms with Gasteiger partial charge < -0.3 is 25.0 Å².